The topological polar surface area (TPSA) is 23.5 Å². The molecule has 0 aromatic rings. The second-order valence-electron chi connectivity index (χ2n) is 4.95. The third-order valence-electron chi connectivity index (χ3n) is 4.06. The van der Waals surface area contributed by atoms with Gasteiger partial charge in [0, 0.05) is 6.04 Å². The summed E-state index contributed by atoms with van der Waals surface area (Å²) in [6, 6.07) is 0.686. The lowest BCUT2D eigenvalue weighted by molar-refractivity contribution is 0.0356. The van der Waals surface area contributed by atoms with Crippen molar-refractivity contribution in [3.05, 3.63) is 0 Å². The zero-order chi connectivity index (χ0) is 9.97. The van der Waals surface area contributed by atoms with Crippen LogP contribution < -0.4 is 0 Å². The molecule has 0 aromatic heterocycles. The molecule has 1 saturated heterocycles. The maximum absolute atomic E-state index is 9.73. The Bertz CT molecular complexity index is 175. The van der Waals surface area contributed by atoms with Crippen LogP contribution in [0, 0.1) is 5.92 Å². The van der Waals surface area contributed by atoms with Gasteiger partial charge in [0.1, 0.15) is 0 Å². The van der Waals surface area contributed by atoms with E-state index in [9.17, 15) is 5.11 Å². The van der Waals surface area contributed by atoms with Crippen molar-refractivity contribution in [2.24, 2.45) is 5.92 Å². The predicted molar refractivity (Wildman–Crippen MR) is 58.2 cm³/mol. The minimum Gasteiger partial charge on any atom is -0.393 e. The SMILES string of the molecule is CCC1CCC(O)CC1N1CCCC1. The van der Waals surface area contributed by atoms with Crippen LogP contribution in [0.5, 0.6) is 0 Å². The Balaban J connectivity index is 1.96. The highest BCUT2D eigenvalue weighted by molar-refractivity contribution is 4.87. The van der Waals surface area contributed by atoms with E-state index in [2.05, 4.69) is 11.8 Å². The Morgan fingerprint density at radius 3 is 2.57 bits per heavy atom. The highest BCUT2D eigenvalue weighted by atomic mass is 16.3. The third kappa shape index (κ3) is 2.12. The molecular weight excluding hydrogens is 174 g/mol. The van der Waals surface area contributed by atoms with Gasteiger partial charge in [-0.15, -0.1) is 0 Å². The molecule has 2 fully saturated rings. The Morgan fingerprint density at radius 2 is 1.93 bits per heavy atom. The molecule has 0 radical (unpaired) electrons. The maximum atomic E-state index is 9.73. The van der Waals surface area contributed by atoms with Crippen LogP contribution in [0.4, 0.5) is 0 Å². The zero-order valence-electron chi connectivity index (χ0n) is 9.28. The van der Waals surface area contributed by atoms with Gasteiger partial charge in [-0.3, -0.25) is 0 Å². The first kappa shape index (κ1) is 10.4. The van der Waals surface area contributed by atoms with E-state index in [0.29, 0.717) is 6.04 Å². The molecule has 0 spiro atoms. The van der Waals surface area contributed by atoms with Gasteiger partial charge in [0.25, 0.3) is 0 Å². The second-order valence-corrected chi connectivity index (χ2v) is 4.95. The summed E-state index contributed by atoms with van der Waals surface area (Å²) in [7, 11) is 0. The fraction of sp³-hybridized carbons (Fsp3) is 1.00. The van der Waals surface area contributed by atoms with Crippen molar-refractivity contribution >= 4 is 0 Å². The van der Waals surface area contributed by atoms with Gasteiger partial charge in [0.2, 0.25) is 0 Å². The van der Waals surface area contributed by atoms with Gasteiger partial charge in [-0.1, -0.05) is 13.3 Å². The number of rotatable bonds is 2. The second kappa shape index (κ2) is 4.63. The van der Waals surface area contributed by atoms with Crippen LogP contribution >= 0.6 is 0 Å². The first-order valence-corrected chi connectivity index (χ1v) is 6.23. The van der Waals surface area contributed by atoms with Crippen LogP contribution in [0.1, 0.15) is 45.4 Å². The predicted octanol–water partition coefficient (Wildman–Crippen LogP) is 2.02. The van der Waals surface area contributed by atoms with Crippen LogP contribution in [0.25, 0.3) is 0 Å². The molecule has 2 rings (SSSR count). The van der Waals surface area contributed by atoms with Gasteiger partial charge in [-0.05, 0) is 51.1 Å². The molecule has 0 aromatic carbocycles. The quantitative estimate of drug-likeness (QED) is 0.732. The van der Waals surface area contributed by atoms with E-state index < -0.39 is 0 Å². The highest BCUT2D eigenvalue weighted by Gasteiger charge is 2.33. The first-order valence-electron chi connectivity index (χ1n) is 6.23. The first-order chi connectivity index (χ1) is 6.81. The summed E-state index contributed by atoms with van der Waals surface area (Å²) in [6.07, 6.45) is 7.28. The van der Waals surface area contributed by atoms with E-state index in [1.54, 1.807) is 0 Å². The van der Waals surface area contributed by atoms with Crippen LogP contribution in [0.2, 0.25) is 0 Å². The summed E-state index contributed by atoms with van der Waals surface area (Å²) >= 11 is 0. The highest BCUT2D eigenvalue weighted by Crippen LogP contribution is 2.32. The van der Waals surface area contributed by atoms with Crippen LogP contribution in [-0.4, -0.2) is 35.2 Å². The van der Waals surface area contributed by atoms with Crippen LogP contribution in [0.3, 0.4) is 0 Å². The number of likely N-dealkylation sites (tertiary alicyclic amines) is 1. The van der Waals surface area contributed by atoms with E-state index in [4.69, 9.17) is 0 Å². The van der Waals surface area contributed by atoms with Gasteiger partial charge in [0.05, 0.1) is 6.10 Å². The average molecular weight is 197 g/mol. The average Bonchev–Trinajstić information content (AvgIpc) is 2.70. The smallest absolute Gasteiger partial charge is 0.0555 e. The molecule has 1 heterocycles. The molecule has 0 amide bonds. The van der Waals surface area contributed by atoms with E-state index in [1.807, 2.05) is 0 Å². The van der Waals surface area contributed by atoms with Crippen molar-refractivity contribution in [2.45, 2.75) is 57.6 Å². The van der Waals surface area contributed by atoms with Crippen LogP contribution in [0.15, 0.2) is 0 Å². The molecular formula is C12H23NO. The van der Waals surface area contributed by atoms with Crippen molar-refractivity contribution in [1.29, 1.82) is 0 Å². The zero-order valence-corrected chi connectivity index (χ0v) is 9.28. The largest absolute Gasteiger partial charge is 0.393 e. The van der Waals surface area contributed by atoms with E-state index >= 15 is 0 Å². The van der Waals surface area contributed by atoms with Crippen molar-refractivity contribution in [2.75, 3.05) is 13.1 Å². The number of nitrogens with zero attached hydrogens (tertiary/aromatic N) is 1. The molecule has 82 valence electrons. The molecule has 14 heavy (non-hydrogen) atoms. The van der Waals surface area contributed by atoms with E-state index in [1.165, 1.54) is 38.8 Å². The van der Waals surface area contributed by atoms with Gasteiger partial charge >= 0.3 is 0 Å². The molecule has 1 aliphatic heterocycles. The number of aliphatic hydroxyl groups excluding tert-OH is 1. The lowest BCUT2D eigenvalue weighted by atomic mass is 9.80. The van der Waals surface area contributed by atoms with Crippen molar-refractivity contribution in [3.63, 3.8) is 0 Å². The van der Waals surface area contributed by atoms with Gasteiger partial charge < -0.3 is 10.0 Å². The molecule has 3 unspecified atom stereocenters. The molecule has 2 aliphatic rings. The lowest BCUT2D eigenvalue weighted by Gasteiger charge is -2.39. The minimum absolute atomic E-state index is 0.0246. The summed E-state index contributed by atoms with van der Waals surface area (Å²) in [6.45, 7) is 4.84. The summed E-state index contributed by atoms with van der Waals surface area (Å²) in [5.41, 5.74) is 0. The third-order valence-corrected chi connectivity index (χ3v) is 4.06. The number of hydrogen-bond acceptors (Lipinski definition) is 2. The summed E-state index contributed by atoms with van der Waals surface area (Å²) in [5, 5.41) is 9.73. The molecule has 2 nitrogen and oxygen atoms in total. The van der Waals surface area contributed by atoms with Crippen molar-refractivity contribution in [1.82, 2.24) is 4.90 Å². The molecule has 1 saturated carbocycles. The number of hydrogen-bond donors (Lipinski definition) is 1. The molecule has 2 heteroatoms. The molecule has 1 aliphatic carbocycles. The molecule has 0 bridgehead atoms. The number of aliphatic hydroxyl groups is 1. The monoisotopic (exact) mass is 197 g/mol. The fourth-order valence-corrected chi connectivity index (χ4v) is 3.18. The Labute approximate surface area is 87.3 Å². The Morgan fingerprint density at radius 1 is 1.21 bits per heavy atom. The summed E-state index contributed by atoms with van der Waals surface area (Å²) in [4.78, 5) is 2.62. The van der Waals surface area contributed by atoms with Crippen molar-refractivity contribution in [3.8, 4) is 0 Å². The Kier molecular flexibility index (Phi) is 3.45. The fourth-order valence-electron chi connectivity index (χ4n) is 3.18. The standard InChI is InChI=1S/C12H23NO/c1-2-10-5-6-11(14)9-12(10)13-7-3-4-8-13/h10-12,14H,2-9H2,1H3. The normalized spacial score (nSPS) is 40.3. The molecule has 1 N–H and O–H groups in total. The summed E-state index contributed by atoms with van der Waals surface area (Å²) in [5.74, 6) is 0.844. The van der Waals surface area contributed by atoms with E-state index in [-0.39, 0.29) is 6.10 Å². The lowest BCUT2D eigenvalue weighted by Crippen LogP contribution is -2.44. The van der Waals surface area contributed by atoms with Crippen molar-refractivity contribution < 1.29 is 5.11 Å². The molecule has 3 atom stereocenters. The van der Waals surface area contributed by atoms with Gasteiger partial charge in [-0.2, -0.15) is 0 Å². The van der Waals surface area contributed by atoms with Gasteiger partial charge in [-0.25, -0.2) is 0 Å². The van der Waals surface area contributed by atoms with Crippen LogP contribution in [-0.2, 0) is 0 Å². The van der Waals surface area contributed by atoms with E-state index in [0.717, 1.165) is 18.8 Å². The van der Waals surface area contributed by atoms with Gasteiger partial charge in [0.15, 0.2) is 0 Å². The summed E-state index contributed by atoms with van der Waals surface area (Å²) < 4.78 is 0. The Hall–Kier alpha value is -0.0800. The maximum Gasteiger partial charge on any atom is 0.0555 e. The minimum atomic E-state index is -0.0246.